The van der Waals surface area contributed by atoms with Gasteiger partial charge in [-0.3, -0.25) is 0 Å². The monoisotopic (exact) mass is 250 g/mol. The van der Waals surface area contributed by atoms with Gasteiger partial charge in [-0.05, 0) is 0 Å². The van der Waals surface area contributed by atoms with Crippen molar-refractivity contribution in [2.75, 3.05) is 35.5 Å². The Kier molecular flexibility index (Phi) is 5.78. The first kappa shape index (κ1) is 14.8. The lowest BCUT2D eigenvalue weighted by molar-refractivity contribution is -0.252. The second-order valence-electron chi connectivity index (χ2n) is 3.99. The van der Waals surface area contributed by atoms with E-state index in [1.165, 1.54) is 14.2 Å². The summed E-state index contributed by atoms with van der Waals surface area (Å²) in [5.74, 6) is 0. The van der Waals surface area contributed by atoms with Gasteiger partial charge in [-0.1, -0.05) is 0 Å². The minimum Gasteiger partial charge on any atom is -0.387 e. The summed E-state index contributed by atoms with van der Waals surface area (Å²) < 4.78 is 26.6. The average molecular weight is 250 g/mol. The molecule has 2 unspecified atom stereocenters. The lowest BCUT2D eigenvalue weighted by Crippen LogP contribution is -2.66. The van der Waals surface area contributed by atoms with Gasteiger partial charge in [-0.15, -0.1) is 0 Å². The maximum absolute atomic E-state index is 10.2. The van der Waals surface area contributed by atoms with Gasteiger partial charge < -0.3 is 28.8 Å². The van der Waals surface area contributed by atoms with Crippen LogP contribution < -0.4 is 0 Å². The smallest absolute Gasteiger partial charge is 0.115 e. The fourth-order valence-corrected chi connectivity index (χ4v) is 2.49. The molecule has 0 aromatic heterocycles. The maximum Gasteiger partial charge on any atom is 0.115 e. The summed E-state index contributed by atoms with van der Waals surface area (Å²) in [5, 5.41) is 10.2. The van der Waals surface area contributed by atoms with Crippen molar-refractivity contribution in [3.05, 3.63) is 0 Å². The normalized spacial score (nSPS) is 42.7. The van der Waals surface area contributed by atoms with Gasteiger partial charge in [0.05, 0.1) is 0 Å². The van der Waals surface area contributed by atoms with Crippen molar-refractivity contribution < 1.29 is 28.8 Å². The Labute approximate surface area is 102 Å². The Morgan fingerprint density at radius 1 is 0.529 bits per heavy atom. The number of hydrogen-bond acceptors (Lipinski definition) is 6. The molecule has 0 radical (unpaired) electrons. The van der Waals surface area contributed by atoms with Crippen molar-refractivity contribution in [2.24, 2.45) is 0 Å². The molecule has 0 heterocycles. The Hall–Kier alpha value is -0.240. The van der Waals surface area contributed by atoms with Gasteiger partial charge in [0.2, 0.25) is 0 Å². The van der Waals surface area contributed by atoms with Crippen LogP contribution in [-0.2, 0) is 23.7 Å². The molecule has 0 saturated heterocycles. The van der Waals surface area contributed by atoms with Crippen molar-refractivity contribution in [1.82, 2.24) is 0 Å². The van der Waals surface area contributed by atoms with Crippen LogP contribution in [0.5, 0.6) is 0 Å². The lowest BCUT2D eigenvalue weighted by Gasteiger charge is -2.46. The molecule has 0 aromatic rings. The summed E-state index contributed by atoms with van der Waals surface area (Å²) in [6.07, 6.45) is -3.02. The van der Waals surface area contributed by atoms with E-state index in [-0.39, 0.29) is 6.10 Å². The highest BCUT2D eigenvalue weighted by Gasteiger charge is 2.52. The van der Waals surface area contributed by atoms with E-state index < -0.39 is 30.5 Å². The lowest BCUT2D eigenvalue weighted by atomic mass is 9.84. The van der Waals surface area contributed by atoms with Gasteiger partial charge in [0.25, 0.3) is 0 Å². The zero-order chi connectivity index (χ0) is 13.0. The van der Waals surface area contributed by atoms with Gasteiger partial charge in [0, 0.05) is 35.5 Å². The molecule has 6 heteroatoms. The Morgan fingerprint density at radius 3 is 1.00 bits per heavy atom. The van der Waals surface area contributed by atoms with Crippen LogP contribution in [0.25, 0.3) is 0 Å². The second kappa shape index (κ2) is 6.63. The number of aliphatic hydroxyl groups excluding tert-OH is 1. The van der Waals surface area contributed by atoms with E-state index in [9.17, 15) is 5.11 Å². The zero-order valence-corrected chi connectivity index (χ0v) is 11.0. The van der Waals surface area contributed by atoms with E-state index in [0.717, 1.165) is 0 Å². The molecule has 0 aromatic carbocycles. The van der Waals surface area contributed by atoms with Crippen LogP contribution in [0.2, 0.25) is 0 Å². The number of aliphatic hydroxyl groups is 1. The van der Waals surface area contributed by atoms with E-state index in [4.69, 9.17) is 23.7 Å². The molecule has 1 rings (SSSR count). The second-order valence-corrected chi connectivity index (χ2v) is 3.99. The maximum atomic E-state index is 10.2. The van der Waals surface area contributed by atoms with Gasteiger partial charge in [0.1, 0.15) is 36.6 Å². The number of methoxy groups -OCH3 is 5. The van der Waals surface area contributed by atoms with Crippen LogP contribution in [0.3, 0.4) is 0 Å². The summed E-state index contributed by atoms with van der Waals surface area (Å²) in [6, 6.07) is 0. The Morgan fingerprint density at radius 2 is 0.765 bits per heavy atom. The number of hydrogen-bond donors (Lipinski definition) is 1. The van der Waals surface area contributed by atoms with Gasteiger partial charge in [-0.2, -0.15) is 0 Å². The fraction of sp³-hybridized carbons (Fsp3) is 1.00. The molecule has 1 aliphatic rings. The molecule has 6 atom stereocenters. The number of rotatable bonds is 5. The Bertz CT molecular complexity index is 204. The van der Waals surface area contributed by atoms with E-state index >= 15 is 0 Å². The summed E-state index contributed by atoms with van der Waals surface area (Å²) in [7, 11) is 7.71. The summed E-state index contributed by atoms with van der Waals surface area (Å²) in [6.45, 7) is 0. The first-order chi connectivity index (χ1) is 8.15. The van der Waals surface area contributed by atoms with Crippen LogP contribution in [0.15, 0.2) is 0 Å². The summed E-state index contributed by atoms with van der Waals surface area (Å²) >= 11 is 0. The predicted octanol–water partition coefficient (Wildman–Crippen LogP) is -0.564. The van der Waals surface area contributed by atoms with E-state index in [0.29, 0.717) is 0 Å². The molecule has 1 aliphatic carbocycles. The van der Waals surface area contributed by atoms with Crippen molar-refractivity contribution >= 4 is 0 Å². The average Bonchev–Trinajstić information content (AvgIpc) is 2.36. The molecule has 0 spiro atoms. The number of ether oxygens (including phenoxy) is 5. The zero-order valence-electron chi connectivity index (χ0n) is 11.0. The molecule has 0 bridgehead atoms. The quantitative estimate of drug-likeness (QED) is 0.705. The first-order valence-electron chi connectivity index (χ1n) is 5.48. The largest absolute Gasteiger partial charge is 0.387 e. The van der Waals surface area contributed by atoms with Gasteiger partial charge in [0.15, 0.2) is 0 Å². The van der Waals surface area contributed by atoms with Crippen molar-refractivity contribution in [1.29, 1.82) is 0 Å². The van der Waals surface area contributed by atoms with E-state index in [2.05, 4.69) is 0 Å². The molecule has 1 saturated carbocycles. The first-order valence-corrected chi connectivity index (χ1v) is 5.48. The standard InChI is InChI=1S/C11H22O6/c1-13-7-6(12)8(14-2)10(16-4)11(17-5)9(7)15-3/h6-12H,1-5H3/t6?,7-,8-,9-,10+,11?/m1/s1. The van der Waals surface area contributed by atoms with E-state index in [1.54, 1.807) is 21.3 Å². The minimum atomic E-state index is -0.828. The molecule has 17 heavy (non-hydrogen) atoms. The highest BCUT2D eigenvalue weighted by atomic mass is 16.6. The highest BCUT2D eigenvalue weighted by Crippen LogP contribution is 2.30. The third-order valence-corrected chi connectivity index (χ3v) is 3.33. The molecular weight excluding hydrogens is 228 g/mol. The minimum absolute atomic E-state index is 0.358. The summed E-state index contributed by atoms with van der Waals surface area (Å²) in [5.41, 5.74) is 0. The molecule has 0 amide bonds. The SMILES string of the molecule is COC1[C@@H](OC)[C@H](OC)C(O)[C@@H](OC)[C@H]1OC. The summed E-state index contributed by atoms with van der Waals surface area (Å²) in [4.78, 5) is 0. The third kappa shape index (κ3) is 2.62. The predicted molar refractivity (Wildman–Crippen MR) is 60.0 cm³/mol. The van der Waals surface area contributed by atoms with Crippen LogP contribution in [0.4, 0.5) is 0 Å². The molecule has 102 valence electrons. The van der Waals surface area contributed by atoms with E-state index in [1.807, 2.05) is 0 Å². The van der Waals surface area contributed by atoms with Crippen LogP contribution >= 0.6 is 0 Å². The van der Waals surface area contributed by atoms with Gasteiger partial charge in [-0.25, -0.2) is 0 Å². The van der Waals surface area contributed by atoms with Crippen molar-refractivity contribution in [3.63, 3.8) is 0 Å². The van der Waals surface area contributed by atoms with Gasteiger partial charge >= 0.3 is 0 Å². The molecule has 1 fully saturated rings. The molecule has 1 N–H and O–H groups in total. The molecule has 0 aliphatic heterocycles. The fourth-order valence-electron chi connectivity index (χ4n) is 2.49. The van der Waals surface area contributed by atoms with Crippen molar-refractivity contribution in [3.8, 4) is 0 Å². The van der Waals surface area contributed by atoms with Crippen LogP contribution in [0.1, 0.15) is 0 Å². The van der Waals surface area contributed by atoms with Crippen molar-refractivity contribution in [2.45, 2.75) is 36.6 Å². The Balaban J connectivity index is 2.99. The topological polar surface area (TPSA) is 66.4 Å². The highest BCUT2D eigenvalue weighted by molar-refractivity contribution is 5.02. The third-order valence-electron chi connectivity index (χ3n) is 3.33. The van der Waals surface area contributed by atoms with Crippen LogP contribution in [-0.4, -0.2) is 77.3 Å². The molecular formula is C11H22O6. The van der Waals surface area contributed by atoms with Crippen LogP contribution in [0, 0.1) is 0 Å². The molecule has 6 nitrogen and oxygen atoms in total.